The Morgan fingerprint density at radius 3 is 3.08 bits per heavy atom. The molecule has 0 aliphatic carbocycles. The Morgan fingerprint density at radius 1 is 1.77 bits per heavy atom. The second kappa shape index (κ2) is 4.51. The van der Waals surface area contributed by atoms with Crippen LogP contribution in [0.25, 0.3) is 0 Å². The summed E-state index contributed by atoms with van der Waals surface area (Å²) in [5.41, 5.74) is 2.10. The molecule has 70 valence electrons. The summed E-state index contributed by atoms with van der Waals surface area (Å²) in [7, 11) is 1.24. The maximum atomic E-state index is 10.5. The number of nitrogens with one attached hydrogen (secondary N) is 1. The van der Waals surface area contributed by atoms with E-state index in [1.54, 1.807) is 12.1 Å². The maximum absolute atomic E-state index is 10.5. The van der Waals surface area contributed by atoms with Gasteiger partial charge in [0.1, 0.15) is 5.76 Å². The van der Waals surface area contributed by atoms with Gasteiger partial charge in [0.2, 0.25) is 0 Å². The molecule has 1 heterocycles. The normalized spacial score (nSPS) is 10.3. The molecule has 0 saturated carbocycles. The van der Waals surface area contributed by atoms with Crippen LogP contribution >= 0.6 is 11.6 Å². The van der Waals surface area contributed by atoms with Crippen molar-refractivity contribution in [1.82, 2.24) is 5.43 Å². The van der Waals surface area contributed by atoms with Crippen molar-refractivity contribution < 1.29 is 13.9 Å². The van der Waals surface area contributed by atoms with Gasteiger partial charge in [0.05, 0.1) is 13.3 Å². The van der Waals surface area contributed by atoms with Crippen LogP contribution < -0.4 is 5.43 Å². The number of ether oxygens (including phenoxy) is 1. The number of methoxy groups -OCH3 is 1. The van der Waals surface area contributed by atoms with Crippen molar-refractivity contribution in [3.63, 3.8) is 0 Å². The first kappa shape index (κ1) is 9.60. The van der Waals surface area contributed by atoms with E-state index in [2.05, 4.69) is 15.3 Å². The highest BCUT2D eigenvalue weighted by molar-refractivity contribution is 6.28. The Balaban J connectivity index is 2.45. The van der Waals surface area contributed by atoms with E-state index in [0.717, 1.165) is 0 Å². The van der Waals surface area contributed by atoms with Gasteiger partial charge in [0.25, 0.3) is 0 Å². The van der Waals surface area contributed by atoms with Gasteiger partial charge in [-0.05, 0) is 23.7 Å². The smallest absolute Gasteiger partial charge is 0.427 e. The number of hydrazone groups is 1. The number of hydrogen-bond donors (Lipinski definition) is 1. The standard InChI is InChI=1S/C7H7ClN2O3/c1-12-7(11)10-9-4-5-2-3-6(8)13-5/h2-4H,1H3,(H,10,11)/b9-4+. The lowest BCUT2D eigenvalue weighted by Crippen LogP contribution is -2.16. The third-order valence-electron chi connectivity index (χ3n) is 1.13. The Kier molecular flexibility index (Phi) is 3.33. The zero-order chi connectivity index (χ0) is 9.68. The number of carbonyl (C=O) groups is 1. The summed E-state index contributed by atoms with van der Waals surface area (Å²) in [6.07, 6.45) is 0.664. The van der Waals surface area contributed by atoms with Crippen molar-refractivity contribution in [2.45, 2.75) is 0 Å². The minimum absolute atomic E-state index is 0.263. The number of rotatable bonds is 2. The Labute approximate surface area is 79.3 Å². The number of furan rings is 1. The quantitative estimate of drug-likeness (QED) is 0.586. The Morgan fingerprint density at radius 2 is 2.54 bits per heavy atom. The van der Waals surface area contributed by atoms with Gasteiger partial charge in [-0.1, -0.05) is 0 Å². The first-order chi connectivity index (χ1) is 6.22. The molecule has 0 radical (unpaired) electrons. The van der Waals surface area contributed by atoms with Gasteiger partial charge in [-0.15, -0.1) is 0 Å². The predicted molar refractivity (Wildman–Crippen MR) is 46.9 cm³/mol. The van der Waals surface area contributed by atoms with Crippen LogP contribution in [0.2, 0.25) is 5.22 Å². The Bertz CT molecular complexity index is 321. The van der Waals surface area contributed by atoms with E-state index in [4.69, 9.17) is 16.0 Å². The number of hydrogen-bond acceptors (Lipinski definition) is 4. The first-order valence-corrected chi connectivity index (χ1v) is 3.72. The summed E-state index contributed by atoms with van der Waals surface area (Å²) < 4.78 is 9.20. The molecule has 5 nitrogen and oxygen atoms in total. The largest absolute Gasteiger partial charge is 0.452 e. The molecule has 0 aromatic carbocycles. The highest BCUT2D eigenvalue weighted by Gasteiger charge is 1.96. The number of carbonyl (C=O) groups excluding carboxylic acids is 1. The number of nitrogens with zero attached hydrogens (tertiary/aromatic N) is 1. The van der Waals surface area contributed by atoms with E-state index in [-0.39, 0.29) is 5.22 Å². The van der Waals surface area contributed by atoms with Crippen molar-refractivity contribution in [3.05, 3.63) is 23.1 Å². The summed E-state index contributed by atoms with van der Waals surface area (Å²) >= 11 is 5.49. The average molecular weight is 203 g/mol. The second-order valence-corrected chi connectivity index (χ2v) is 2.38. The van der Waals surface area contributed by atoms with Gasteiger partial charge in [-0.3, -0.25) is 0 Å². The molecule has 0 spiro atoms. The molecule has 6 heteroatoms. The average Bonchev–Trinajstić information content (AvgIpc) is 2.51. The van der Waals surface area contributed by atoms with Gasteiger partial charge in [0, 0.05) is 0 Å². The van der Waals surface area contributed by atoms with E-state index in [0.29, 0.717) is 5.76 Å². The molecule has 13 heavy (non-hydrogen) atoms. The summed E-state index contributed by atoms with van der Waals surface area (Å²) in [6, 6.07) is 3.19. The lowest BCUT2D eigenvalue weighted by atomic mass is 10.5. The molecule has 0 unspecified atom stereocenters. The molecular formula is C7H7ClN2O3. The predicted octanol–water partition coefficient (Wildman–Crippen LogP) is 1.62. The van der Waals surface area contributed by atoms with Crippen LogP contribution in [-0.2, 0) is 4.74 Å². The monoisotopic (exact) mass is 202 g/mol. The maximum Gasteiger partial charge on any atom is 0.427 e. The zero-order valence-corrected chi connectivity index (χ0v) is 7.54. The number of halogens is 1. The molecule has 1 rings (SSSR count). The van der Waals surface area contributed by atoms with Gasteiger partial charge in [0.15, 0.2) is 5.22 Å². The molecule has 1 N–H and O–H groups in total. The van der Waals surface area contributed by atoms with E-state index in [1.165, 1.54) is 13.3 Å². The molecule has 0 fully saturated rings. The van der Waals surface area contributed by atoms with Crippen molar-refractivity contribution >= 4 is 23.9 Å². The molecule has 0 aliphatic heterocycles. The van der Waals surface area contributed by atoms with Gasteiger partial charge in [-0.2, -0.15) is 5.10 Å². The van der Waals surface area contributed by atoms with Crippen molar-refractivity contribution in [2.24, 2.45) is 5.10 Å². The fraction of sp³-hybridized carbons (Fsp3) is 0.143. The molecule has 1 aromatic heterocycles. The molecular weight excluding hydrogens is 196 g/mol. The van der Waals surface area contributed by atoms with Crippen LogP contribution in [-0.4, -0.2) is 19.4 Å². The lowest BCUT2D eigenvalue weighted by Gasteiger charge is -1.93. The van der Waals surface area contributed by atoms with E-state index >= 15 is 0 Å². The molecule has 0 atom stereocenters. The van der Waals surface area contributed by atoms with Gasteiger partial charge >= 0.3 is 6.09 Å². The molecule has 1 aromatic rings. The Hall–Kier alpha value is -1.49. The first-order valence-electron chi connectivity index (χ1n) is 3.34. The summed E-state index contributed by atoms with van der Waals surface area (Å²) in [6.45, 7) is 0. The van der Waals surface area contributed by atoms with E-state index in [9.17, 15) is 4.79 Å². The van der Waals surface area contributed by atoms with E-state index < -0.39 is 6.09 Å². The van der Waals surface area contributed by atoms with Crippen LogP contribution in [0.1, 0.15) is 5.76 Å². The zero-order valence-electron chi connectivity index (χ0n) is 6.78. The van der Waals surface area contributed by atoms with Crippen molar-refractivity contribution in [3.8, 4) is 0 Å². The van der Waals surface area contributed by atoms with Crippen molar-refractivity contribution in [1.29, 1.82) is 0 Å². The minimum Gasteiger partial charge on any atom is -0.452 e. The molecule has 0 aliphatic rings. The third kappa shape index (κ3) is 3.16. The SMILES string of the molecule is COC(=O)N/N=C/c1ccc(Cl)o1. The van der Waals surface area contributed by atoms with Crippen LogP contribution in [0.3, 0.4) is 0 Å². The van der Waals surface area contributed by atoms with Crippen LogP contribution in [0, 0.1) is 0 Å². The van der Waals surface area contributed by atoms with Crippen LogP contribution in [0.4, 0.5) is 4.79 Å². The highest BCUT2D eigenvalue weighted by Crippen LogP contribution is 2.10. The summed E-state index contributed by atoms with van der Waals surface area (Å²) in [4.78, 5) is 10.5. The highest BCUT2D eigenvalue weighted by atomic mass is 35.5. The lowest BCUT2D eigenvalue weighted by molar-refractivity contribution is 0.171. The fourth-order valence-corrected chi connectivity index (χ4v) is 0.744. The van der Waals surface area contributed by atoms with Gasteiger partial charge in [-0.25, -0.2) is 10.2 Å². The minimum atomic E-state index is -0.645. The molecule has 0 saturated heterocycles. The summed E-state index contributed by atoms with van der Waals surface area (Å²) in [5, 5.41) is 3.79. The van der Waals surface area contributed by atoms with Crippen molar-refractivity contribution in [2.75, 3.05) is 7.11 Å². The van der Waals surface area contributed by atoms with Gasteiger partial charge < -0.3 is 9.15 Å². The summed E-state index contributed by atoms with van der Waals surface area (Å²) in [5.74, 6) is 0.446. The third-order valence-corrected chi connectivity index (χ3v) is 1.33. The van der Waals surface area contributed by atoms with E-state index in [1.807, 2.05) is 0 Å². The van der Waals surface area contributed by atoms with Crippen LogP contribution in [0.5, 0.6) is 0 Å². The molecule has 1 amide bonds. The molecule has 0 bridgehead atoms. The number of amides is 1. The fourth-order valence-electron chi connectivity index (χ4n) is 0.592. The van der Waals surface area contributed by atoms with Crippen LogP contribution in [0.15, 0.2) is 21.7 Å². The second-order valence-electron chi connectivity index (χ2n) is 2.00. The topological polar surface area (TPSA) is 63.8 Å².